The summed E-state index contributed by atoms with van der Waals surface area (Å²) < 4.78 is 11.5. The lowest BCUT2D eigenvalue weighted by Gasteiger charge is -2.22. The fraction of sp³-hybridized carbons (Fsp3) is 0.429. The van der Waals surface area contributed by atoms with Crippen LogP contribution in [0.2, 0.25) is 0 Å². The average Bonchev–Trinajstić information content (AvgIpc) is 2.86. The Labute approximate surface area is 145 Å². The van der Waals surface area contributed by atoms with Gasteiger partial charge in [0.2, 0.25) is 0 Å². The summed E-state index contributed by atoms with van der Waals surface area (Å²) >= 11 is 0. The Morgan fingerprint density at radius 1 is 0.875 bits per heavy atom. The molecule has 0 fully saturated rings. The molecule has 0 spiro atoms. The van der Waals surface area contributed by atoms with Crippen molar-refractivity contribution in [2.75, 3.05) is 13.2 Å². The summed E-state index contributed by atoms with van der Waals surface area (Å²) in [4.78, 5) is 0. The Kier molecular flexibility index (Phi) is 5.41. The third-order valence-electron chi connectivity index (χ3n) is 4.66. The van der Waals surface area contributed by atoms with Crippen LogP contribution in [-0.4, -0.2) is 13.2 Å². The number of benzene rings is 2. The Morgan fingerprint density at radius 3 is 2.21 bits per heavy atom. The maximum Gasteiger partial charge on any atom is 0.161 e. The highest BCUT2D eigenvalue weighted by atomic mass is 16.5. The second kappa shape index (κ2) is 7.71. The zero-order valence-electron chi connectivity index (χ0n) is 14.8. The van der Waals surface area contributed by atoms with E-state index >= 15 is 0 Å². The zero-order valence-corrected chi connectivity index (χ0v) is 14.8. The van der Waals surface area contributed by atoms with Gasteiger partial charge in [-0.2, -0.15) is 0 Å². The van der Waals surface area contributed by atoms with Crippen molar-refractivity contribution in [3.05, 3.63) is 59.2 Å². The van der Waals surface area contributed by atoms with E-state index in [-0.39, 0.29) is 6.04 Å². The van der Waals surface area contributed by atoms with Crippen LogP contribution in [-0.2, 0) is 6.42 Å². The molecule has 2 unspecified atom stereocenters. The molecule has 0 amide bonds. The second-order valence-corrected chi connectivity index (χ2v) is 6.46. The van der Waals surface area contributed by atoms with E-state index in [1.807, 2.05) is 6.07 Å². The standard InChI is InChI=1S/C21H27NO2/c1-4-17-6-8-18(9-7-17)15(2)22-16(3)19-10-11-20-21(14-19)24-13-5-12-23-20/h6-11,14-16,22H,4-5,12-13H2,1-3H3. The molecule has 1 aliphatic rings. The lowest BCUT2D eigenvalue weighted by atomic mass is 10.0. The van der Waals surface area contributed by atoms with Crippen molar-refractivity contribution in [2.24, 2.45) is 0 Å². The van der Waals surface area contributed by atoms with Crippen molar-refractivity contribution in [1.82, 2.24) is 5.32 Å². The summed E-state index contributed by atoms with van der Waals surface area (Å²) in [6, 6.07) is 15.6. The van der Waals surface area contributed by atoms with Crippen LogP contribution in [0, 0.1) is 0 Å². The fourth-order valence-corrected chi connectivity index (χ4v) is 3.06. The van der Waals surface area contributed by atoms with Crippen LogP contribution in [0.25, 0.3) is 0 Å². The molecule has 3 rings (SSSR count). The molecule has 0 aliphatic carbocycles. The van der Waals surface area contributed by atoms with E-state index in [4.69, 9.17) is 9.47 Å². The van der Waals surface area contributed by atoms with Gasteiger partial charge in [-0.1, -0.05) is 37.3 Å². The maximum atomic E-state index is 5.80. The van der Waals surface area contributed by atoms with Gasteiger partial charge in [0.25, 0.3) is 0 Å². The Morgan fingerprint density at radius 2 is 1.50 bits per heavy atom. The largest absolute Gasteiger partial charge is 0.490 e. The SMILES string of the molecule is CCc1ccc(C(C)NC(C)c2ccc3c(c2)OCCCO3)cc1. The van der Waals surface area contributed by atoms with Crippen LogP contribution < -0.4 is 14.8 Å². The first-order valence-electron chi connectivity index (χ1n) is 8.92. The van der Waals surface area contributed by atoms with Crippen molar-refractivity contribution < 1.29 is 9.47 Å². The molecule has 24 heavy (non-hydrogen) atoms. The summed E-state index contributed by atoms with van der Waals surface area (Å²) in [5.74, 6) is 1.71. The van der Waals surface area contributed by atoms with Crippen LogP contribution in [0.3, 0.4) is 0 Å². The smallest absolute Gasteiger partial charge is 0.161 e. The number of rotatable bonds is 5. The van der Waals surface area contributed by atoms with Crippen molar-refractivity contribution in [3.8, 4) is 11.5 Å². The number of aryl methyl sites for hydroxylation is 1. The summed E-state index contributed by atoms with van der Waals surface area (Å²) in [7, 11) is 0. The van der Waals surface area contributed by atoms with E-state index < -0.39 is 0 Å². The summed E-state index contributed by atoms with van der Waals surface area (Å²) in [6.45, 7) is 8.03. The average molecular weight is 325 g/mol. The van der Waals surface area contributed by atoms with E-state index in [1.54, 1.807) is 0 Å². The molecular formula is C21H27NO2. The van der Waals surface area contributed by atoms with E-state index in [2.05, 4.69) is 62.5 Å². The third-order valence-corrected chi connectivity index (χ3v) is 4.66. The third kappa shape index (κ3) is 3.90. The summed E-state index contributed by atoms with van der Waals surface area (Å²) in [6.07, 6.45) is 2.01. The first-order valence-corrected chi connectivity index (χ1v) is 8.92. The molecule has 0 saturated carbocycles. The van der Waals surface area contributed by atoms with Crippen LogP contribution in [0.5, 0.6) is 11.5 Å². The fourth-order valence-electron chi connectivity index (χ4n) is 3.06. The molecule has 2 aromatic rings. The molecule has 0 radical (unpaired) electrons. The summed E-state index contributed by atoms with van der Waals surface area (Å²) in [5, 5.41) is 3.68. The number of hydrogen-bond donors (Lipinski definition) is 1. The van der Waals surface area contributed by atoms with Gasteiger partial charge in [-0.25, -0.2) is 0 Å². The minimum atomic E-state index is 0.239. The molecule has 2 atom stereocenters. The minimum absolute atomic E-state index is 0.239. The van der Waals surface area contributed by atoms with E-state index in [0.717, 1.165) is 37.6 Å². The highest BCUT2D eigenvalue weighted by Gasteiger charge is 2.15. The molecule has 1 heterocycles. The molecule has 0 bridgehead atoms. The van der Waals surface area contributed by atoms with Gasteiger partial charge < -0.3 is 14.8 Å². The highest BCUT2D eigenvalue weighted by Crippen LogP contribution is 2.32. The van der Waals surface area contributed by atoms with Gasteiger partial charge in [0.15, 0.2) is 11.5 Å². The van der Waals surface area contributed by atoms with Gasteiger partial charge in [-0.15, -0.1) is 0 Å². The zero-order chi connectivity index (χ0) is 16.9. The molecule has 3 nitrogen and oxygen atoms in total. The molecule has 0 saturated heterocycles. The van der Waals surface area contributed by atoms with Crippen LogP contribution in [0.1, 0.15) is 56.0 Å². The minimum Gasteiger partial charge on any atom is -0.490 e. The molecular weight excluding hydrogens is 298 g/mol. The molecule has 3 heteroatoms. The first kappa shape index (κ1) is 16.8. The van der Waals surface area contributed by atoms with Gasteiger partial charge >= 0.3 is 0 Å². The predicted octanol–water partition coefficient (Wildman–Crippen LogP) is 4.82. The Balaban J connectivity index is 1.69. The van der Waals surface area contributed by atoms with Crippen LogP contribution >= 0.6 is 0 Å². The van der Waals surface area contributed by atoms with Gasteiger partial charge in [0, 0.05) is 18.5 Å². The Hall–Kier alpha value is -2.00. The van der Waals surface area contributed by atoms with Crippen molar-refractivity contribution in [3.63, 3.8) is 0 Å². The number of fused-ring (bicyclic) bond motifs is 1. The molecule has 1 aliphatic heterocycles. The van der Waals surface area contributed by atoms with Crippen molar-refractivity contribution in [1.29, 1.82) is 0 Å². The number of ether oxygens (including phenoxy) is 2. The molecule has 128 valence electrons. The van der Waals surface area contributed by atoms with Crippen molar-refractivity contribution >= 4 is 0 Å². The first-order chi connectivity index (χ1) is 11.7. The summed E-state index contributed by atoms with van der Waals surface area (Å²) in [5.41, 5.74) is 3.91. The van der Waals surface area contributed by atoms with Gasteiger partial charge in [-0.3, -0.25) is 0 Å². The Bertz CT molecular complexity index is 666. The predicted molar refractivity (Wildman–Crippen MR) is 97.8 cm³/mol. The molecule has 1 N–H and O–H groups in total. The highest BCUT2D eigenvalue weighted by molar-refractivity contribution is 5.44. The van der Waals surface area contributed by atoms with Gasteiger partial charge in [0.1, 0.15) is 0 Å². The van der Waals surface area contributed by atoms with E-state index in [9.17, 15) is 0 Å². The van der Waals surface area contributed by atoms with Gasteiger partial charge in [-0.05, 0) is 49.1 Å². The topological polar surface area (TPSA) is 30.5 Å². The van der Waals surface area contributed by atoms with E-state index in [0.29, 0.717) is 6.04 Å². The lowest BCUT2D eigenvalue weighted by Crippen LogP contribution is -2.22. The number of nitrogens with one attached hydrogen (secondary N) is 1. The number of hydrogen-bond acceptors (Lipinski definition) is 3. The second-order valence-electron chi connectivity index (χ2n) is 6.46. The van der Waals surface area contributed by atoms with Crippen LogP contribution in [0.15, 0.2) is 42.5 Å². The lowest BCUT2D eigenvalue weighted by molar-refractivity contribution is 0.297. The van der Waals surface area contributed by atoms with Gasteiger partial charge in [0.05, 0.1) is 13.2 Å². The molecule has 2 aromatic carbocycles. The van der Waals surface area contributed by atoms with Crippen molar-refractivity contribution in [2.45, 2.75) is 45.7 Å². The monoisotopic (exact) mass is 325 g/mol. The quantitative estimate of drug-likeness (QED) is 0.855. The van der Waals surface area contributed by atoms with Crippen LogP contribution in [0.4, 0.5) is 0 Å². The normalized spacial score (nSPS) is 16.3. The van der Waals surface area contributed by atoms with E-state index in [1.165, 1.54) is 16.7 Å². The maximum absolute atomic E-state index is 5.80. The molecule has 0 aromatic heterocycles.